The minimum absolute atomic E-state index is 0.0417. The molecule has 2 heterocycles. The summed E-state index contributed by atoms with van der Waals surface area (Å²) in [6.07, 6.45) is -2.74. The average Bonchev–Trinajstić information content (AvgIpc) is 2.95. The molecule has 0 unspecified atom stereocenters. The van der Waals surface area contributed by atoms with E-state index in [0.29, 0.717) is 13.1 Å². The summed E-state index contributed by atoms with van der Waals surface area (Å²) in [7, 11) is 0. The van der Waals surface area contributed by atoms with E-state index in [-0.39, 0.29) is 6.04 Å². The van der Waals surface area contributed by atoms with Gasteiger partial charge >= 0.3 is 6.18 Å². The third-order valence-corrected chi connectivity index (χ3v) is 3.68. The first-order valence-electron chi connectivity index (χ1n) is 7.21. The van der Waals surface area contributed by atoms with Crippen LogP contribution >= 0.6 is 0 Å². The zero-order valence-electron chi connectivity index (χ0n) is 12.7. The van der Waals surface area contributed by atoms with Gasteiger partial charge in [0.05, 0.1) is 18.3 Å². The fraction of sp³-hybridized carbons (Fsp3) is 0.714. The molecule has 0 aromatic carbocycles. The van der Waals surface area contributed by atoms with Gasteiger partial charge < -0.3 is 9.64 Å². The average molecular weight is 319 g/mol. The molecule has 8 heteroatoms. The lowest BCUT2D eigenvalue weighted by Crippen LogP contribution is -2.41. The first-order chi connectivity index (χ1) is 10.3. The fourth-order valence-electron chi connectivity index (χ4n) is 2.75. The van der Waals surface area contributed by atoms with Crippen LogP contribution in [0.2, 0.25) is 0 Å². The first kappa shape index (κ1) is 16.8. The Kier molecular flexibility index (Phi) is 5.10. The van der Waals surface area contributed by atoms with Crippen LogP contribution in [0.3, 0.4) is 0 Å². The van der Waals surface area contributed by atoms with Crippen molar-refractivity contribution in [2.24, 2.45) is 0 Å². The van der Waals surface area contributed by atoms with Crippen LogP contribution in [0.15, 0.2) is 6.07 Å². The maximum atomic E-state index is 12.0. The zero-order chi connectivity index (χ0) is 16.3. The zero-order valence-corrected chi connectivity index (χ0v) is 12.7. The monoisotopic (exact) mass is 319 g/mol. The highest BCUT2D eigenvalue weighted by atomic mass is 19.4. The van der Waals surface area contributed by atoms with Gasteiger partial charge in [-0.15, -0.1) is 0 Å². The number of amides is 1. The molecule has 2 rings (SSSR count). The molecule has 1 saturated heterocycles. The van der Waals surface area contributed by atoms with Crippen molar-refractivity contribution in [1.82, 2.24) is 14.7 Å². The Morgan fingerprint density at radius 1 is 1.45 bits per heavy atom. The van der Waals surface area contributed by atoms with E-state index in [2.05, 4.69) is 9.84 Å². The Hall–Kier alpha value is -1.57. The van der Waals surface area contributed by atoms with Gasteiger partial charge in [-0.3, -0.25) is 9.48 Å². The second kappa shape index (κ2) is 6.68. The molecule has 1 aromatic heterocycles. The van der Waals surface area contributed by atoms with Crippen molar-refractivity contribution in [3.05, 3.63) is 17.5 Å². The van der Waals surface area contributed by atoms with Crippen LogP contribution in [0.1, 0.15) is 24.2 Å². The summed E-state index contributed by atoms with van der Waals surface area (Å²) in [4.78, 5) is 13.6. The van der Waals surface area contributed by atoms with Crippen LogP contribution in [0.25, 0.3) is 0 Å². The normalized spacial score (nSPS) is 19.0. The van der Waals surface area contributed by atoms with Crippen molar-refractivity contribution in [3.8, 4) is 0 Å². The molecule has 22 heavy (non-hydrogen) atoms. The Morgan fingerprint density at radius 3 is 2.77 bits per heavy atom. The number of rotatable bonds is 5. The smallest absolute Gasteiger partial charge is 0.362 e. The van der Waals surface area contributed by atoms with Crippen LogP contribution in [0.5, 0.6) is 0 Å². The van der Waals surface area contributed by atoms with Gasteiger partial charge in [0.15, 0.2) is 0 Å². The van der Waals surface area contributed by atoms with Crippen LogP contribution in [-0.4, -0.2) is 52.6 Å². The molecule has 0 radical (unpaired) electrons. The topological polar surface area (TPSA) is 47.4 Å². The highest BCUT2D eigenvalue weighted by Gasteiger charge is 2.31. The number of nitrogens with zero attached hydrogens (tertiary/aromatic N) is 3. The van der Waals surface area contributed by atoms with Gasteiger partial charge in [-0.2, -0.15) is 18.3 Å². The lowest BCUT2D eigenvalue weighted by atomic mass is 10.2. The van der Waals surface area contributed by atoms with E-state index in [1.54, 1.807) is 4.90 Å². The second-order valence-electron chi connectivity index (χ2n) is 5.60. The van der Waals surface area contributed by atoms with Crippen molar-refractivity contribution in [3.63, 3.8) is 0 Å². The standard InChI is InChI=1S/C14H20F3N3O2/c1-10-6-11(2)20(18-10)7-12-4-3-5-19(12)13(21)8-22-9-14(15,16)17/h6,12H,3-5,7-9H2,1-2H3/t12-/m1/s1. The van der Waals surface area contributed by atoms with Crippen LogP contribution in [0.4, 0.5) is 13.2 Å². The number of carbonyl (C=O) groups excluding carboxylic acids is 1. The summed E-state index contributed by atoms with van der Waals surface area (Å²) in [5.74, 6) is -0.395. The quantitative estimate of drug-likeness (QED) is 0.835. The number of hydrogen-bond donors (Lipinski definition) is 0. The Bertz CT molecular complexity index is 528. The molecule has 1 aromatic rings. The lowest BCUT2D eigenvalue weighted by molar-refractivity contribution is -0.178. The lowest BCUT2D eigenvalue weighted by Gasteiger charge is -2.25. The molecule has 5 nitrogen and oxygen atoms in total. The van der Waals surface area contributed by atoms with Crippen molar-refractivity contribution >= 4 is 5.91 Å². The number of ether oxygens (including phenoxy) is 1. The molecule has 0 N–H and O–H groups in total. The van der Waals surface area contributed by atoms with Gasteiger partial charge in [0.1, 0.15) is 13.2 Å². The molecule has 1 fully saturated rings. The van der Waals surface area contributed by atoms with Crippen molar-refractivity contribution in [2.45, 2.75) is 45.5 Å². The van der Waals surface area contributed by atoms with Crippen molar-refractivity contribution in [2.75, 3.05) is 19.8 Å². The van der Waals surface area contributed by atoms with E-state index in [4.69, 9.17) is 0 Å². The number of aromatic nitrogens is 2. The highest BCUT2D eigenvalue weighted by molar-refractivity contribution is 5.78. The number of carbonyl (C=O) groups is 1. The Labute approximate surface area is 127 Å². The molecule has 0 aliphatic carbocycles. The minimum atomic E-state index is -4.41. The number of alkyl halides is 3. The molecule has 0 saturated carbocycles. The Balaban J connectivity index is 1.90. The van der Waals surface area contributed by atoms with E-state index < -0.39 is 25.3 Å². The molecule has 1 aliphatic heterocycles. The number of hydrogen-bond acceptors (Lipinski definition) is 3. The molecule has 1 amide bonds. The second-order valence-corrected chi connectivity index (χ2v) is 5.60. The molecule has 1 aliphatic rings. The van der Waals surface area contributed by atoms with Gasteiger partial charge in [-0.1, -0.05) is 0 Å². The van der Waals surface area contributed by atoms with Gasteiger partial charge in [0.2, 0.25) is 5.91 Å². The summed E-state index contributed by atoms with van der Waals surface area (Å²) in [5.41, 5.74) is 1.91. The summed E-state index contributed by atoms with van der Waals surface area (Å²) in [6.45, 7) is 3.02. The van der Waals surface area contributed by atoms with Crippen molar-refractivity contribution in [1.29, 1.82) is 0 Å². The van der Waals surface area contributed by atoms with E-state index in [1.165, 1.54) is 0 Å². The largest absolute Gasteiger partial charge is 0.411 e. The number of halogens is 3. The highest BCUT2D eigenvalue weighted by Crippen LogP contribution is 2.20. The van der Waals surface area contributed by atoms with Gasteiger partial charge in [-0.05, 0) is 32.8 Å². The summed E-state index contributed by atoms with van der Waals surface area (Å²) >= 11 is 0. The van der Waals surface area contributed by atoms with E-state index >= 15 is 0 Å². The molecule has 0 bridgehead atoms. The summed E-state index contributed by atoms with van der Waals surface area (Å²) in [6, 6.07) is 1.91. The van der Waals surface area contributed by atoms with E-state index in [0.717, 1.165) is 24.2 Å². The fourth-order valence-corrected chi connectivity index (χ4v) is 2.75. The Morgan fingerprint density at radius 2 is 2.18 bits per heavy atom. The SMILES string of the molecule is Cc1cc(C)n(C[C@H]2CCCN2C(=O)COCC(F)(F)F)n1. The predicted molar refractivity (Wildman–Crippen MR) is 73.3 cm³/mol. The predicted octanol–water partition coefficient (Wildman–Crippen LogP) is 2.07. The first-order valence-corrected chi connectivity index (χ1v) is 7.21. The molecule has 0 spiro atoms. The number of aryl methyl sites for hydroxylation is 2. The number of likely N-dealkylation sites (tertiary alicyclic amines) is 1. The third-order valence-electron chi connectivity index (χ3n) is 3.68. The van der Waals surface area contributed by atoms with Crippen LogP contribution in [-0.2, 0) is 16.1 Å². The summed E-state index contributed by atoms with van der Waals surface area (Å²) in [5, 5.41) is 4.36. The maximum absolute atomic E-state index is 12.0. The molecule has 124 valence electrons. The minimum Gasteiger partial charge on any atom is -0.362 e. The molecule has 1 atom stereocenters. The van der Waals surface area contributed by atoms with Gasteiger partial charge in [0, 0.05) is 12.2 Å². The van der Waals surface area contributed by atoms with Crippen molar-refractivity contribution < 1.29 is 22.7 Å². The van der Waals surface area contributed by atoms with Gasteiger partial charge in [0.25, 0.3) is 0 Å². The van der Waals surface area contributed by atoms with E-state index in [1.807, 2.05) is 24.6 Å². The van der Waals surface area contributed by atoms with E-state index in [9.17, 15) is 18.0 Å². The van der Waals surface area contributed by atoms with Gasteiger partial charge in [-0.25, -0.2) is 0 Å². The molecular weight excluding hydrogens is 299 g/mol. The summed E-state index contributed by atoms with van der Waals surface area (Å²) < 4.78 is 42.4. The van der Waals surface area contributed by atoms with Crippen LogP contribution in [0, 0.1) is 13.8 Å². The maximum Gasteiger partial charge on any atom is 0.411 e. The van der Waals surface area contributed by atoms with Crippen LogP contribution < -0.4 is 0 Å². The third kappa shape index (κ3) is 4.46. The molecular formula is C14H20F3N3O2.